The van der Waals surface area contributed by atoms with Gasteiger partial charge in [0.05, 0.1) is 0 Å². The van der Waals surface area contributed by atoms with E-state index in [1.54, 1.807) is 0 Å². The maximum atomic E-state index is 12.9. The minimum absolute atomic E-state index is 0.0700. The van der Waals surface area contributed by atoms with Crippen LogP contribution in [0.5, 0.6) is 0 Å². The van der Waals surface area contributed by atoms with Crippen LogP contribution in [0.25, 0.3) is 0 Å². The first-order valence-corrected chi connectivity index (χ1v) is 35.3. The highest BCUT2D eigenvalue weighted by Crippen LogP contribution is 2.18. The maximum absolute atomic E-state index is 12.9. The molecule has 6 heteroatoms. The lowest BCUT2D eigenvalue weighted by molar-refractivity contribution is -0.167. The molecule has 0 aromatic heterocycles. The number of unbranched alkanes of at least 4 members (excludes halogenated alkanes) is 44. The lowest BCUT2D eigenvalue weighted by Crippen LogP contribution is -2.30. The highest BCUT2D eigenvalue weighted by Gasteiger charge is 2.19. The second kappa shape index (κ2) is 68.6. The van der Waals surface area contributed by atoms with Crippen molar-refractivity contribution in [3.63, 3.8) is 0 Å². The number of carbonyl (C=O) groups is 3. The molecule has 1 unspecified atom stereocenters. The predicted molar refractivity (Wildman–Crippen MR) is 348 cm³/mol. The summed E-state index contributed by atoms with van der Waals surface area (Å²) in [6.45, 7) is 6.57. The average molecular weight is 1120 g/mol. The van der Waals surface area contributed by atoms with Crippen LogP contribution in [0.15, 0.2) is 60.8 Å². The van der Waals surface area contributed by atoms with Gasteiger partial charge in [0.15, 0.2) is 6.10 Å². The molecule has 0 radical (unpaired) electrons. The Morgan fingerprint density at radius 3 is 0.775 bits per heavy atom. The van der Waals surface area contributed by atoms with E-state index in [1.165, 1.54) is 250 Å². The first-order valence-electron chi connectivity index (χ1n) is 35.3. The van der Waals surface area contributed by atoms with Crippen LogP contribution < -0.4 is 0 Å². The van der Waals surface area contributed by atoms with Gasteiger partial charge >= 0.3 is 17.9 Å². The molecule has 0 fully saturated rings. The molecular formula is C74H134O6. The van der Waals surface area contributed by atoms with Gasteiger partial charge in [0.25, 0.3) is 0 Å². The second-order valence-corrected chi connectivity index (χ2v) is 23.8. The molecule has 0 spiro atoms. The van der Waals surface area contributed by atoms with E-state index in [1.807, 2.05) is 0 Å². The lowest BCUT2D eigenvalue weighted by Gasteiger charge is -2.18. The zero-order valence-electron chi connectivity index (χ0n) is 53.6. The lowest BCUT2D eigenvalue weighted by atomic mass is 10.0. The molecule has 1 atom stereocenters. The number of carbonyl (C=O) groups excluding carboxylic acids is 3. The molecule has 466 valence electrons. The maximum Gasteiger partial charge on any atom is 0.306 e. The molecule has 0 heterocycles. The summed E-state index contributed by atoms with van der Waals surface area (Å²) in [4.78, 5) is 38.3. The van der Waals surface area contributed by atoms with E-state index in [2.05, 4.69) is 81.5 Å². The van der Waals surface area contributed by atoms with Gasteiger partial charge < -0.3 is 14.2 Å². The molecule has 6 nitrogen and oxygen atoms in total. The third-order valence-electron chi connectivity index (χ3n) is 15.8. The molecule has 0 bridgehead atoms. The van der Waals surface area contributed by atoms with E-state index in [9.17, 15) is 14.4 Å². The Balaban J connectivity index is 4.16. The second-order valence-electron chi connectivity index (χ2n) is 23.8. The number of ether oxygens (including phenoxy) is 3. The van der Waals surface area contributed by atoms with Gasteiger partial charge in [-0.3, -0.25) is 14.4 Å². The topological polar surface area (TPSA) is 78.9 Å². The summed E-state index contributed by atoms with van der Waals surface area (Å²) < 4.78 is 17.0. The van der Waals surface area contributed by atoms with Gasteiger partial charge in [-0.1, -0.05) is 332 Å². The Kier molecular flexibility index (Phi) is 66.1. The molecular weight excluding hydrogens is 985 g/mol. The Labute approximate surface area is 498 Å². The molecule has 0 aromatic rings. The molecule has 0 aliphatic heterocycles. The third kappa shape index (κ3) is 65.9. The monoisotopic (exact) mass is 1120 g/mol. The number of hydrogen-bond acceptors (Lipinski definition) is 6. The molecule has 0 aliphatic carbocycles. The van der Waals surface area contributed by atoms with Crippen molar-refractivity contribution in [2.75, 3.05) is 13.2 Å². The van der Waals surface area contributed by atoms with Gasteiger partial charge in [-0.05, 0) is 83.5 Å². The van der Waals surface area contributed by atoms with E-state index >= 15 is 0 Å². The number of esters is 3. The van der Waals surface area contributed by atoms with Crippen LogP contribution in [0.4, 0.5) is 0 Å². The smallest absolute Gasteiger partial charge is 0.306 e. The van der Waals surface area contributed by atoms with E-state index in [0.717, 1.165) is 83.5 Å². The summed E-state index contributed by atoms with van der Waals surface area (Å²) in [5, 5.41) is 0. The Bertz CT molecular complexity index is 1430. The quantitative estimate of drug-likeness (QED) is 0.0261. The number of allylic oxidation sites excluding steroid dienone is 10. The Hall–Kier alpha value is -2.89. The Morgan fingerprint density at radius 1 is 0.263 bits per heavy atom. The largest absolute Gasteiger partial charge is 0.462 e. The van der Waals surface area contributed by atoms with Crippen LogP contribution in [0.1, 0.15) is 374 Å². The fourth-order valence-electron chi connectivity index (χ4n) is 10.5. The molecule has 80 heavy (non-hydrogen) atoms. The minimum Gasteiger partial charge on any atom is -0.462 e. The standard InChI is InChI=1S/C74H134O6/c1-4-7-10-13-16-19-22-24-26-28-30-32-34-36-37-39-40-42-44-46-48-50-52-55-58-61-64-67-73(76)79-70-71(69-78-72(75)66-63-60-57-54-21-18-15-12-9-6-3)80-74(77)68-65-62-59-56-53-51-49-47-45-43-41-38-35-33-31-29-27-25-23-20-17-14-11-8-5-2/h8,11,17,20,25,27-28,30-31,33,71H,4-7,9-10,12-16,18-19,21-24,26,29,32,34-70H2,1-3H3/b11-8-,20-17-,27-25-,30-28-,33-31-. The first-order chi connectivity index (χ1) is 39.5. The zero-order chi connectivity index (χ0) is 57.8. The van der Waals surface area contributed by atoms with Gasteiger partial charge in [0.2, 0.25) is 0 Å². The molecule has 0 N–H and O–H groups in total. The summed E-state index contributed by atoms with van der Waals surface area (Å²) in [5.74, 6) is -0.850. The van der Waals surface area contributed by atoms with Crippen molar-refractivity contribution in [2.45, 2.75) is 380 Å². The normalized spacial score (nSPS) is 12.4. The van der Waals surface area contributed by atoms with Crippen LogP contribution in [0, 0.1) is 0 Å². The van der Waals surface area contributed by atoms with E-state index in [4.69, 9.17) is 14.2 Å². The zero-order valence-corrected chi connectivity index (χ0v) is 53.6. The van der Waals surface area contributed by atoms with Crippen LogP contribution >= 0.6 is 0 Å². The van der Waals surface area contributed by atoms with E-state index < -0.39 is 6.10 Å². The van der Waals surface area contributed by atoms with Crippen LogP contribution in [0.2, 0.25) is 0 Å². The molecule has 0 aromatic carbocycles. The van der Waals surface area contributed by atoms with Gasteiger partial charge in [0.1, 0.15) is 13.2 Å². The molecule has 0 saturated carbocycles. The fourth-order valence-corrected chi connectivity index (χ4v) is 10.5. The van der Waals surface area contributed by atoms with Crippen molar-refractivity contribution in [3.8, 4) is 0 Å². The average Bonchev–Trinajstić information content (AvgIpc) is 3.46. The van der Waals surface area contributed by atoms with Crippen molar-refractivity contribution in [1.29, 1.82) is 0 Å². The number of rotatable bonds is 65. The summed E-state index contributed by atoms with van der Waals surface area (Å²) >= 11 is 0. The van der Waals surface area contributed by atoms with Crippen molar-refractivity contribution in [1.82, 2.24) is 0 Å². The first kappa shape index (κ1) is 77.1. The molecule has 0 saturated heterocycles. The van der Waals surface area contributed by atoms with Gasteiger partial charge in [-0.25, -0.2) is 0 Å². The van der Waals surface area contributed by atoms with Crippen LogP contribution in [0.3, 0.4) is 0 Å². The summed E-state index contributed by atoms with van der Waals surface area (Å²) in [5.41, 5.74) is 0. The molecule has 0 aliphatic rings. The summed E-state index contributed by atoms with van der Waals surface area (Å²) in [7, 11) is 0. The van der Waals surface area contributed by atoms with Crippen molar-refractivity contribution >= 4 is 17.9 Å². The Morgan fingerprint density at radius 2 is 0.487 bits per heavy atom. The fraction of sp³-hybridized carbons (Fsp3) is 0.824. The van der Waals surface area contributed by atoms with E-state index in [-0.39, 0.29) is 31.1 Å². The predicted octanol–water partition coefficient (Wildman–Crippen LogP) is 24.3. The summed E-state index contributed by atoms with van der Waals surface area (Å²) in [6.07, 6.45) is 88.3. The van der Waals surface area contributed by atoms with E-state index in [0.29, 0.717) is 19.3 Å². The summed E-state index contributed by atoms with van der Waals surface area (Å²) in [6, 6.07) is 0. The highest BCUT2D eigenvalue weighted by molar-refractivity contribution is 5.71. The van der Waals surface area contributed by atoms with Crippen LogP contribution in [-0.2, 0) is 28.6 Å². The highest BCUT2D eigenvalue weighted by atomic mass is 16.6. The number of hydrogen-bond donors (Lipinski definition) is 0. The SMILES string of the molecule is CC/C=C\C/C=C\C/C=C\C/C=C\CCCCCCCCCCCCCCC(=O)OC(COC(=O)CCCCCCCCCCCC)COC(=O)CCCCCCCCCCCCCCCCC/C=C\CCCCCCCCCC. The van der Waals surface area contributed by atoms with Crippen molar-refractivity contribution in [2.24, 2.45) is 0 Å². The molecule has 0 amide bonds. The van der Waals surface area contributed by atoms with Crippen molar-refractivity contribution < 1.29 is 28.6 Å². The van der Waals surface area contributed by atoms with Gasteiger partial charge in [-0.2, -0.15) is 0 Å². The van der Waals surface area contributed by atoms with Gasteiger partial charge in [0, 0.05) is 19.3 Å². The minimum atomic E-state index is -0.773. The van der Waals surface area contributed by atoms with Crippen LogP contribution in [-0.4, -0.2) is 37.2 Å². The third-order valence-corrected chi connectivity index (χ3v) is 15.8. The van der Waals surface area contributed by atoms with Crippen molar-refractivity contribution in [3.05, 3.63) is 60.8 Å². The molecule has 0 rings (SSSR count). The van der Waals surface area contributed by atoms with Gasteiger partial charge in [-0.15, -0.1) is 0 Å².